The Bertz CT molecular complexity index is 2690. The fourth-order valence-corrected chi connectivity index (χ4v) is 8.97. The van der Waals surface area contributed by atoms with Crippen molar-refractivity contribution in [1.82, 2.24) is 0 Å². The summed E-state index contributed by atoms with van der Waals surface area (Å²) in [5, 5.41) is 25.4. The number of fused-ring (bicyclic) bond motifs is 4. The number of phenols is 2. The Labute approximate surface area is 349 Å². The first-order valence-corrected chi connectivity index (χ1v) is 20.9. The molecule has 0 aromatic heterocycles. The molecule has 0 bridgehead atoms. The first-order valence-electron chi connectivity index (χ1n) is 20.9. The van der Waals surface area contributed by atoms with Crippen molar-refractivity contribution in [2.24, 2.45) is 11.7 Å². The van der Waals surface area contributed by atoms with Gasteiger partial charge in [-0.15, -0.1) is 0 Å². The number of nitrogens with two attached hydrogens (primary N) is 1. The van der Waals surface area contributed by atoms with Crippen LogP contribution in [0.3, 0.4) is 0 Å². The van der Waals surface area contributed by atoms with Gasteiger partial charge in [-0.25, -0.2) is 0 Å². The number of benzene rings is 6. The maximum atomic E-state index is 10.6. The van der Waals surface area contributed by atoms with Gasteiger partial charge in [0.15, 0.2) is 0 Å². The summed E-state index contributed by atoms with van der Waals surface area (Å²) in [6, 6.07) is 37.5. The first-order chi connectivity index (χ1) is 28.4. The van der Waals surface area contributed by atoms with Crippen LogP contribution in [0.25, 0.3) is 27.1 Å². The van der Waals surface area contributed by atoms with E-state index < -0.39 is 0 Å². The Kier molecular flexibility index (Phi) is 10.5. The number of aromatic hydroxyl groups is 2. The second-order valence-corrected chi connectivity index (χ2v) is 17.2. The molecule has 0 aliphatic heterocycles. The van der Waals surface area contributed by atoms with Crippen molar-refractivity contribution in [2.75, 3.05) is 9.80 Å². The van der Waals surface area contributed by atoms with E-state index in [1.807, 2.05) is 30.3 Å². The summed E-state index contributed by atoms with van der Waals surface area (Å²) >= 11 is 0. The van der Waals surface area contributed by atoms with Gasteiger partial charge in [-0.3, -0.25) is 0 Å². The molecule has 0 amide bonds. The van der Waals surface area contributed by atoms with Crippen molar-refractivity contribution in [2.45, 2.75) is 72.1 Å². The Hall–Kier alpha value is -6.46. The van der Waals surface area contributed by atoms with Crippen LogP contribution in [0.4, 0.5) is 28.4 Å². The second kappa shape index (κ2) is 15.7. The summed E-state index contributed by atoms with van der Waals surface area (Å²) in [5.74, 6) is 1.30. The molecule has 2 aliphatic carbocycles. The van der Waals surface area contributed by atoms with E-state index in [0.717, 1.165) is 80.6 Å². The molecule has 2 aliphatic rings. The monoisotopic (exact) mass is 777 g/mol. The summed E-state index contributed by atoms with van der Waals surface area (Å²) in [4.78, 5) is 4.68. The molecule has 0 heterocycles. The highest BCUT2D eigenvalue weighted by atomic mass is 16.3. The molecule has 8 rings (SSSR count). The minimum Gasteiger partial charge on any atom is -0.508 e. The van der Waals surface area contributed by atoms with Crippen LogP contribution in [0.1, 0.15) is 83.4 Å². The third-order valence-corrected chi connectivity index (χ3v) is 12.0. The lowest BCUT2D eigenvalue weighted by atomic mass is 9.79. The van der Waals surface area contributed by atoms with E-state index in [0.29, 0.717) is 11.8 Å². The van der Waals surface area contributed by atoms with E-state index in [2.05, 4.69) is 143 Å². The standard InChI is InChI=1S/C54H55N3O2/c1-8-12-38(14-11-13-34(2)3)56(40-22-26-42(58)27-23-40)53-46-16-10-9-15-45(46)52(57(41-24-28-43(59)29-25-41)39-20-17-36(18-21-39)35(4)5)48-32-47-44-30-19-37(55)31-50(44)54(6,7)51(47)33-49(48)53/h8-12,14-18,20-29,31-35,58-59H,1,13,19,30,55H2,2-7H3/b14-11-,38-12+. The molecule has 0 fully saturated rings. The Morgan fingerprint density at radius 3 is 1.92 bits per heavy atom. The van der Waals surface area contributed by atoms with Gasteiger partial charge in [-0.05, 0) is 150 Å². The molecule has 5 nitrogen and oxygen atoms in total. The van der Waals surface area contributed by atoms with Crippen LogP contribution in [0, 0.1) is 5.92 Å². The third kappa shape index (κ3) is 7.20. The highest BCUT2D eigenvalue weighted by Crippen LogP contribution is 2.56. The molecular formula is C54H55N3O2. The molecule has 5 heteroatoms. The predicted octanol–water partition coefficient (Wildman–Crippen LogP) is 14.5. The van der Waals surface area contributed by atoms with Crippen LogP contribution in [0.2, 0.25) is 0 Å². The molecule has 0 saturated heterocycles. The molecule has 298 valence electrons. The molecule has 0 saturated carbocycles. The van der Waals surface area contributed by atoms with Gasteiger partial charge in [-0.1, -0.05) is 96.7 Å². The number of hydrogen-bond acceptors (Lipinski definition) is 5. The van der Waals surface area contributed by atoms with Crippen molar-refractivity contribution in [3.63, 3.8) is 0 Å². The van der Waals surface area contributed by atoms with Gasteiger partial charge in [0.1, 0.15) is 11.5 Å². The maximum Gasteiger partial charge on any atom is 0.115 e. The Morgan fingerprint density at radius 1 is 0.746 bits per heavy atom. The Morgan fingerprint density at radius 2 is 1.32 bits per heavy atom. The lowest BCUT2D eigenvalue weighted by Gasteiger charge is -2.34. The Balaban J connectivity index is 1.55. The van der Waals surface area contributed by atoms with Gasteiger partial charge in [-0.2, -0.15) is 0 Å². The minimum absolute atomic E-state index is 0.208. The SMILES string of the molecule is C=C/C=C(\C=C/CC(C)C)N(c1ccc(O)cc1)c1c2ccccc2c(N(c2ccc(O)cc2)c2ccc(C(C)C)cc2)c2cc3c(cc12)C(C)(C)C1=C3CCC(N)=C1. The number of allylic oxidation sites excluding steroid dienone is 8. The van der Waals surface area contributed by atoms with E-state index in [9.17, 15) is 10.2 Å². The third-order valence-electron chi connectivity index (χ3n) is 12.0. The number of hydrogen-bond donors (Lipinski definition) is 3. The first kappa shape index (κ1) is 39.4. The fourth-order valence-electron chi connectivity index (χ4n) is 8.97. The quantitative estimate of drug-likeness (QED) is 0.0694. The molecule has 0 atom stereocenters. The van der Waals surface area contributed by atoms with Gasteiger partial charge in [0.2, 0.25) is 0 Å². The lowest BCUT2D eigenvalue weighted by Crippen LogP contribution is -2.19. The average molecular weight is 778 g/mol. The normalized spacial score (nSPS) is 15.0. The van der Waals surface area contributed by atoms with E-state index in [1.165, 1.54) is 27.8 Å². The number of phenolic OH excluding ortho intramolecular Hbond substituents is 2. The minimum atomic E-state index is -0.281. The molecule has 6 aromatic rings. The predicted molar refractivity (Wildman–Crippen MR) is 250 cm³/mol. The fraction of sp³-hybridized carbons (Fsp3) is 0.222. The van der Waals surface area contributed by atoms with Crippen LogP contribution < -0.4 is 15.5 Å². The number of nitrogens with zero attached hydrogens (tertiary/aromatic N) is 2. The number of anilines is 5. The summed E-state index contributed by atoms with van der Waals surface area (Å²) in [7, 11) is 0. The molecule has 0 spiro atoms. The van der Waals surface area contributed by atoms with Crippen LogP contribution in [-0.4, -0.2) is 10.2 Å². The summed E-state index contributed by atoms with van der Waals surface area (Å²) in [5.41, 5.74) is 19.6. The van der Waals surface area contributed by atoms with Gasteiger partial charge in [0, 0.05) is 55.4 Å². The van der Waals surface area contributed by atoms with Crippen LogP contribution >= 0.6 is 0 Å². The van der Waals surface area contributed by atoms with Gasteiger partial charge < -0.3 is 25.7 Å². The number of rotatable bonds is 11. The summed E-state index contributed by atoms with van der Waals surface area (Å²) in [6.07, 6.45) is 13.2. The van der Waals surface area contributed by atoms with Gasteiger partial charge >= 0.3 is 0 Å². The molecule has 6 aromatic carbocycles. The molecule has 0 unspecified atom stereocenters. The van der Waals surface area contributed by atoms with E-state index in [-0.39, 0.29) is 16.9 Å². The van der Waals surface area contributed by atoms with E-state index in [1.54, 1.807) is 24.3 Å². The molecular weight excluding hydrogens is 723 g/mol. The van der Waals surface area contributed by atoms with Crippen molar-refractivity contribution in [3.05, 3.63) is 180 Å². The second-order valence-electron chi connectivity index (χ2n) is 17.2. The van der Waals surface area contributed by atoms with E-state index in [4.69, 9.17) is 5.73 Å². The van der Waals surface area contributed by atoms with Gasteiger partial charge in [0.25, 0.3) is 0 Å². The highest BCUT2D eigenvalue weighted by molar-refractivity contribution is 6.23. The highest BCUT2D eigenvalue weighted by Gasteiger charge is 2.39. The van der Waals surface area contributed by atoms with Crippen LogP contribution in [-0.2, 0) is 5.41 Å². The topological polar surface area (TPSA) is 73.0 Å². The zero-order chi connectivity index (χ0) is 41.6. The smallest absolute Gasteiger partial charge is 0.115 e. The molecule has 59 heavy (non-hydrogen) atoms. The van der Waals surface area contributed by atoms with Crippen molar-refractivity contribution >= 4 is 55.6 Å². The molecule has 0 radical (unpaired) electrons. The van der Waals surface area contributed by atoms with Crippen LogP contribution in [0.15, 0.2) is 163 Å². The van der Waals surface area contributed by atoms with E-state index >= 15 is 0 Å². The largest absolute Gasteiger partial charge is 0.508 e. The molecule has 4 N–H and O–H groups in total. The van der Waals surface area contributed by atoms with Crippen molar-refractivity contribution in [3.8, 4) is 11.5 Å². The average Bonchev–Trinajstić information content (AvgIpc) is 3.43. The van der Waals surface area contributed by atoms with Gasteiger partial charge in [0.05, 0.1) is 11.4 Å². The van der Waals surface area contributed by atoms with Crippen molar-refractivity contribution in [1.29, 1.82) is 0 Å². The summed E-state index contributed by atoms with van der Waals surface area (Å²) in [6.45, 7) is 17.7. The van der Waals surface area contributed by atoms with Crippen molar-refractivity contribution < 1.29 is 10.2 Å². The zero-order valence-electron chi connectivity index (χ0n) is 35.1. The summed E-state index contributed by atoms with van der Waals surface area (Å²) < 4.78 is 0. The lowest BCUT2D eigenvalue weighted by molar-refractivity contribution is 0.475. The maximum absolute atomic E-state index is 10.6. The van der Waals surface area contributed by atoms with Crippen LogP contribution in [0.5, 0.6) is 11.5 Å². The zero-order valence-corrected chi connectivity index (χ0v) is 35.1.